The summed E-state index contributed by atoms with van der Waals surface area (Å²) in [5, 5.41) is 4.24. The molecule has 1 aliphatic heterocycles. The van der Waals surface area contributed by atoms with Crippen LogP contribution in [0, 0.1) is 27.7 Å². The zero-order valence-electron chi connectivity index (χ0n) is 20.7. The molecule has 0 aliphatic carbocycles. The molecule has 4 aromatic rings. The van der Waals surface area contributed by atoms with E-state index in [2.05, 4.69) is 78.9 Å². The van der Waals surface area contributed by atoms with E-state index in [0.717, 1.165) is 17.1 Å². The van der Waals surface area contributed by atoms with Crippen molar-refractivity contribution in [3.05, 3.63) is 107 Å². The molecule has 178 valence electrons. The maximum absolute atomic E-state index is 5.91. The van der Waals surface area contributed by atoms with E-state index in [-0.39, 0.29) is 12.1 Å². The van der Waals surface area contributed by atoms with Crippen LogP contribution in [0.4, 0.5) is 5.69 Å². The summed E-state index contributed by atoms with van der Waals surface area (Å²) in [4.78, 5) is 6.90. The van der Waals surface area contributed by atoms with Crippen molar-refractivity contribution in [2.45, 2.75) is 39.8 Å². The van der Waals surface area contributed by atoms with Gasteiger partial charge in [0.15, 0.2) is 5.11 Å². The summed E-state index contributed by atoms with van der Waals surface area (Å²) >= 11 is 5.91. The Labute approximate surface area is 212 Å². The van der Waals surface area contributed by atoms with Gasteiger partial charge in [0, 0.05) is 35.0 Å². The Hall–Kier alpha value is -3.64. The molecule has 0 saturated carbocycles. The lowest BCUT2D eigenvalue weighted by molar-refractivity contribution is 0.415. The number of ether oxygens (including phenoxy) is 1. The van der Waals surface area contributed by atoms with Crippen LogP contribution in [0.5, 0.6) is 5.75 Å². The Balaban J connectivity index is 1.70. The number of thiocarbonyl (C=S) groups is 1. The molecule has 0 unspecified atom stereocenters. The molecule has 3 heterocycles. The van der Waals surface area contributed by atoms with Gasteiger partial charge in [-0.2, -0.15) is 0 Å². The standard InChI is InChI=1S/C29H30N4OS/c1-18-12-13-19(2)26(15-18)32-20(3)16-24(21(32)4)28-27(25-11-6-7-14-30-25)31-29(35)33(28)22-9-8-10-23(17-22)34-5/h6-17,27-28H,1-5H3,(H,31,35)/t27-,28-/m0/s1. The quantitative estimate of drug-likeness (QED) is 0.339. The lowest BCUT2D eigenvalue weighted by atomic mass is 9.96. The first-order valence-corrected chi connectivity index (χ1v) is 12.2. The fourth-order valence-corrected chi connectivity index (χ4v) is 5.47. The summed E-state index contributed by atoms with van der Waals surface area (Å²) in [5.74, 6) is 0.797. The van der Waals surface area contributed by atoms with Crippen molar-refractivity contribution in [2.75, 3.05) is 12.0 Å². The lowest BCUT2D eigenvalue weighted by Crippen LogP contribution is -2.29. The number of anilines is 1. The van der Waals surface area contributed by atoms with Crippen LogP contribution >= 0.6 is 12.2 Å². The molecule has 2 atom stereocenters. The highest BCUT2D eigenvalue weighted by atomic mass is 32.1. The average molecular weight is 483 g/mol. The van der Waals surface area contributed by atoms with Crippen LogP contribution in [0.3, 0.4) is 0 Å². The van der Waals surface area contributed by atoms with Crippen molar-refractivity contribution in [1.82, 2.24) is 14.9 Å². The van der Waals surface area contributed by atoms with E-state index in [9.17, 15) is 0 Å². The second kappa shape index (κ2) is 9.19. The third-order valence-electron chi connectivity index (χ3n) is 6.82. The van der Waals surface area contributed by atoms with Gasteiger partial charge in [-0.25, -0.2) is 0 Å². The minimum absolute atomic E-state index is 0.0745. The molecule has 0 bridgehead atoms. The van der Waals surface area contributed by atoms with Gasteiger partial charge >= 0.3 is 0 Å². The molecule has 35 heavy (non-hydrogen) atoms. The van der Waals surface area contributed by atoms with Crippen molar-refractivity contribution >= 4 is 23.0 Å². The molecular weight excluding hydrogens is 452 g/mol. The summed E-state index contributed by atoms with van der Waals surface area (Å²) in [7, 11) is 1.69. The molecule has 2 aromatic carbocycles. The number of hydrogen-bond donors (Lipinski definition) is 1. The molecule has 1 N–H and O–H groups in total. The predicted octanol–water partition coefficient (Wildman–Crippen LogP) is 6.29. The van der Waals surface area contributed by atoms with Crippen molar-refractivity contribution < 1.29 is 4.74 Å². The molecule has 1 saturated heterocycles. The van der Waals surface area contributed by atoms with Gasteiger partial charge in [0.05, 0.1) is 24.9 Å². The van der Waals surface area contributed by atoms with Crippen LogP contribution in [-0.4, -0.2) is 21.8 Å². The number of rotatable bonds is 5. The third kappa shape index (κ3) is 4.08. The number of benzene rings is 2. The van der Waals surface area contributed by atoms with Crippen molar-refractivity contribution in [1.29, 1.82) is 0 Å². The normalized spacial score (nSPS) is 17.5. The van der Waals surface area contributed by atoms with Gasteiger partial charge in [-0.15, -0.1) is 0 Å². The van der Waals surface area contributed by atoms with Gasteiger partial charge in [-0.3, -0.25) is 4.98 Å². The SMILES string of the molecule is COc1cccc(N2C(=S)N[C@@H](c3ccccn3)[C@@H]2c2cc(C)n(-c3cc(C)ccc3C)c2C)c1. The number of methoxy groups -OCH3 is 1. The molecular formula is C29H30N4OS. The van der Waals surface area contributed by atoms with E-state index in [1.54, 1.807) is 7.11 Å². The molecule has 5 rings (SSSR count). The number of nitrogens with one attached hydrogen (secondary N) is 1. The zero-order valence-corrected chi connectivity index (χ0v) is 21.6. The zero-order chi connectivity index (χ0) is 24.7. The van der Waals surface area contributed by atoms with Crippen molar-refractivity contribution in [2.24, 2.45) is 0 Å². The maximum atomic E-state index is 5.91. The Morgan fingerprint density at radius 1 is 0.943 bits per heavy atom. The maximum Gasteiger partial charge on any atom is 0.174 e. The smallest absolute Gasteiger partial charge is 0.174 e. The largest absolute Gasteiger partial charge is 0.497 e. The van der Waals surface area contributed by atoms with Crippen LogP contribution in [-0.2, 0) is 0 Å². The molecule has 2 aromatic heterocycles. The molecule has 0 radical (unpaired) electrons. The molecule has 1 fully saturated rings. The number of nitrogens with zero attached hydrogens (tertiary/aromatic N) is 3. The number of aromatic nitrogens is 2. The minimum Gasteiger partial charge on any atom is -0.497 e. The van der Waals surface area contributed by atoms with Crippen molar-refractivity contribution in [3.8, 4) is 11.4 Å². The molecule has 0 spiro atoms. The Kier molecular flexibility index (Phi) is 6.07. The van der Waals surface area contributed by atoms with Crippen LogP contribution in [0.25, 0.3) is 5.69 Å². The lowest BCUT2D eigenvalue weighted by Gasteiger charge is -2.28. The van der Waals surface area contributed by atoms with E-state index >= 15 is 0 Å². The Morgan fingerprint density at radius 2 is 1.77 bits per heavy atom. The van der Waals surface area contributed by atoms with Gasteiger partial charge in [0.2, 0.25) is 0 Å². The first-order chi connectivity index (χ1) is 16.9. The molecule has 0 amide bonds. The van der Waals surface area contributed by atoms with Gasteiger partial charge in [-0.1, -0.05) is 24.3 Å². The highest BCUT2D eigenvalue weighted by molar-refractivity contribution is 7.80. The van der Waals surface area contributed by atoms with Crippen LogP contribution in [0.15, 0.2) is 72.9 Å². The third-order valence-corrected chi connectivity index (χ3v) is 7.14. The second-order valence-corrected chi connectivity index (χ2v) is 9.54. The number of aryl methyl sites for hydroxylation is 3. The highest BCUT2D eigenvalue weighted by Gasteiger charge is 2.42. The summed E-state index contributed by atoms with van der Waals surface area (Å²) < 4.78 is 7.88. The van der Waals surface area contributed by atoms with E-state index in [1.165, 1.54) is 33.8 Å². The van der Waals surface area contributed by atoms with Crippen molar-refractivity contribution in [3.63, 3.8) is 0 Å². The van der Waals surface area contributed by atoms with Crippen LogP contribution in [0.2, 0.25) is 0 Å². The summed E-state index contributed by atoms with van der Waals surface area (Å²) in [6, 6.07) is 22.8. The fraction of sp³-hybridized carbons (Fsp3) is 0.241. The van der Waals surface area contributed by atoms with Crippen LogP contribution in [0.1, 0.15) is 45.9 Å². The molecule has 1 aliphatic rings. The summed E-state index contributed by atoms with van der Waals surface area (Å²) in [6.45, 7) is 8.67. The summed E-state index contributed by atoms with van der Waals surface area (Å²) in [6.07, 6.45) is 1.84. The topological polar surface area (TPSA) is 42.3 Å². The predicted molar refractivity (Wildman–Crippen MR) is 146 cm³/mol. The average Bonchev–Trinajstić information content (AvgIpc) is 3.36. The van der Waals surface area contributed by atoms with Crippen LogP contribution < -0.4 is 15.0 Å². The minimum atomic E-state index is -0.0949. The van der Waals surface area contributed by atoms with E-state index < -0.39 is 0 Å². The van der Waals surface area contributed by atoms with Gasteiger partial charge in [-0.05, 0) is 93.0 Å². The van der Waals surface area contributed by atoms with Gasteiger partial charge in [0.1, 0.15) is 5.75 Å². The second-order valence-electron chi connectivity index (χ2n) is 9.15. The molecule has 5 nitrogen and oxygen atoms in total. The first-order valence-electron chi connectivity index (χ1n) is 11.8. The number of hydrogen-bond acceptors (Lipinski definition) is 3. The monoisotopic (exact) mass is 482 g/mol. The first kappa shape index (κ1) is 23.1. The van der Waals surface area contributed by atoms with E-state index in [0.29, 0.717) is 5.11 Å². The van der Waals surface area contributed by atoms with Gasteiger partial charge < -0.3 is 19.5 Å². The van der Waals surface area contributed by atoms with E-state index in [4.69, 9.17) is 21.9 Å². The Morgan fingerprint density at radius 3 is 2.51 bits per heavy atom. The molecule has 6 heteroatoms. The Bertz CT molecular complexity index is 1400. The summed E-state index contributed by atoms with van der Waals surface area (Å²) in [5.41, 5.74) is 9.25. The highest BCUT2D eigenvalue weighted by Crippen LogP contribution is 2.44. The fourth-order valence-electron chi connectivity index (χ4n) is 5.13. The number of pyridine rings is 1. The van der Waals surface area contributed by atoms with Gasteiger partial charge in [0.25, 0.3) is 0 Å². The van der Waals surface area contributed by atoms with E-state index in [1.807, 2.05) is 36.5 Å².